The van der Waals surface area contributed by atoms with E-state index in [4.69, 9.17) is 0 Å². The standard InChI is InChI=1S/C19H16O/c20-19-12-10-18(11-13-19)17-8-6-16(7-9-17)14-15-4-2-1-3-5-15/h1-13,20H,14H2. The van der Waals surface area contributed by atoms with Gasteiger partial charge >= 0.3 is 0 Å². The predicted octanol–water partition coefficient (Wildman–Crippen LogP) is 4.65. The van der Waals surface area contributed by atoms with Gasteiger partial charge in [0.1, 0.15) is 5.75 Å². The van der Waals surface area contributed by atoms with Crippen molar-refractivity contribution in [2.45, 2.75) is 6.42 Å². The third kappa shape index (κ3) is 2.89. The van der Waals surface area contributed by atoms with Crippen LogP contribution in [0.15, 0.2) is 78.9 Å². The molecule has 0 unspecified atom stereocenters. The van der Waals surface area contributed by atoms with E-state index in [1.165, 1.54) is 16.7 Å². The lowest BCUT2D eigenvalue weighted by atomic mass is 10.0. The first kappa shape index (κ1) is 12.5. The molecule has 1 heteroatoms. The van der Waals surface area contributed by atoms with E-state index in [0.29, 0.717) is 5.75 Å². The maximum Gasteiger partial charge on any atom is 0.115 e. The smallest absolute Gasteiger partial charge is 0.115 e. The minimum absolute atomic E-state index is 0.300. The molecule has 1 N–H and O–H groups in total. The second-order valence-electron chi connectivity index (χ2n) is 4.91. The van der Waals surface area contributed by atoms with E-state index in [2.05, 4.69) is 48.5 Å². The largest absolute Gasteiger partial charge is 0.508 e. The van der Waals surface area contributed by atoms with E-state index in [1.54, 1.807) is 12.1 Å². The molecule has 1 nitrogen and oxygen atoms in total. The lowest BCUT2D eigenvalue weighted by Crippen LogP contribution is -1.87. The van der Waals surface area contributed by atoms with Crippen LogP contribution in [0.1, 0.15) is 11.1 Å². The van der Waals surface area contributed by atoms with Crippen molar-refractivity contribution in [3.05, 3.63) is 90.0 Å². The summed E-state index contributed by atoms with van der Waals surface area (Å²) in [5.41, 5.74) is 4.92. The molecule has 3 aromatic carbocycles. The number of aromatic hydroxyl groups is 1. The molecule has 0 radical (unpaired) electrons. The van der Waals surface area contributed by atoms with Gasteiger partial charge in [-0.2, -0.15) is 0 Å². The van der Waals surface area contributed by atoms with Crippen LogP contribution >= 0.6 is 0 Å². The Bertz CT molecular complexity index is 667. The van der Waals surface area contributed by atoms with Crippen LogP contribution in [0.5, 0.6) is 5.75 Å². The second-order valence-corrected chi connectivity index (χ2v) is 4.91. The number of rotatable bonds is 3. The molecule has 3 aromatic rings. The highest BCUT2D eigenvalue weighted by atomic mass is 16.3. The predicted molar refractivity (Wildman–Crippen MR) is 82.8 cm³/mol. The topological polar surface area (TPSA) is 20.2 Å². The van der Waals surface area contributed by atoms with Gasteiger partial charge in [-0.05, 0) is 40.8 Å². The molecular weight excluding hydrogens is 244 g/mol. The van der Waals surface area contributed by atoms with Crippen molar-refractivity contribution in [3.63, 3.8) is 0 Å². The van der Waals surface area contributed by atoms with Crippen LogP contribution < -0.4 is 0 Å². The van der Waals surface area contributed by atoms with E-state index in [9.17, 15) is 5.11 Å². The lowest BCUT2D eigenvalue weighted by Gasteiger charge is -2.05. The number of phenols is 1. The Balaban J connectivity index is 1.79. The van der Waals surface area contributed by atoms with Gasteiger partial charge in [-0.1, -0.05) is 66.7 Å². The number of phenolic OH excluding ortho intramolecular Hbond substituents is 1. The highest BCUT2D eigenvalue weighted by Crippen LogP contribution is 2.22. The SMILES string of the molecule is Oc1ccc(-c2ccc(Cc3ccccc3)cc2)cc1. The summed E-state index contributed by atoms with van der Waals surface area (Å²) in [6.45, 7) is 0. The van der Waals surface area contributed by atoms with Crippen molar-refractivity contribution in [3.8, 4) is 16.9 Å². The molecule has 98 valence electrons. The van der Waals surface area contributed by atoms with Crippen LogP contribution in [0.2, 0.25) is 0 Å². The molecule has 0 aliphatic carbocycles. The molecule has 0 aliphatic heterocycles. The zero-order chi connectivity index (χ0) is 13.8. The molecule has 0 bridgehead atoms. The first-order chi connectivity index (χ1) is 9.81. The monoisotopic (exact) mass is 260 g/mol. The Kier molecular flexibility index (Phi) is 3.51. The summed E-state index contributed by atoms with van der Waals surface area (Å²) in [6.07, 6.45) is 0.955. The van der Waals surface area contributed by atoms with Gasteiger partial charge in [-0.25, -0.2) is 0 Å². The Labute approximate surface area is 119 Å². The van der Waals surface area contributed by atoms with Crippen LogP contribution in [0.25, 0.3) is 11.1 Å². The van der Waals surface area contributed by atoms with Crippen LogP contribution in [0.4, 0.5) is 0 Å². The molecule has 0 atom stereocenters. The normalized spacial score (nSPS) is 10.4. The number of hydrogen-bond acceptors (Lipinski definition) is 1. The van der Waals surface area contributed by atoms with Gasteiger partial charge in [0.2, 0.25) is 0 Å². The van der Waals surface area contributed by atoms with Gasteiger partial charge < -0.3 is 5.11 Å². The fourth-order valence-corrected chi connectivity index (χ4v) is 2.30. The lowest BCUT2D eigenvalue weighted by molar-refractivity contribution is 0.475. The minimum atomic E-state index is 0.300. The zero-order valence-corrected chi connectivity index (χ0v) is 11.2. The quantitative estimate of drug-likeness (QED) is 0.726. The van der Waals surface area contributed by atoms with Gasteiger partial charge in [-0.15, -0.1) is 0 Å². The van der Waals surface area contributed by atoms with Gasteiger partial charge in [0, 0.05) is 0 Å². The average molecular weight is 260 g/mol. The van der Waals surface area contributed by atoms with Crippen LogP contribution in [0.3, 0.4) is 0 Å². The fraction of sp³-hybridized carbons (Fsp3) is 0.0526. The summed E-state index contributed by atoms with van der Waals surface area (Å²) in [5.74, 6) is 0.300. The van der Waals surface area contributed by atoms with E-state index >= 15 is 0 Å². The van der Waals surface area contributed by atoms with Gasteiger partial charge in [0.15, 0.2) is 0 Å². The Morgan fingerprint density at radius 3 is 1.65 bits per heavy atom. The molecule has 0 amide bonds. The molecule has 0 aromatic heterocycles. The second kappa shape index (κ2) is 5.62. The zero-order valence-electron chi connectivity index (χ0n) is 11.2. The van der Waals surface area contributed by atoms with E-state index in [1.807, 2.05) is 18.2 Å². The molecule has 0 saturated carbocycles. The molecule has 3 rings (SSSR count). The molecule has 0 fully saturated rings. The Morgan fingerprint density at radius 2 is 1.05 bits per heavy atom. The molecule has 0 saturated heterocycles. The summed E-state index contributed by atoms with van der Waals surface area (Å²) in [7, 11) is 0. The van der Waals surface area contributed by atoms with Crippen LogP contribution in [-0.2, 0) is 6.42 Å². The Morgan fingerprint density at radius 1 is 0.550 bits per heavy atom. The average Bonchev–Trinajstić information content (AvgIpc) is 2.50. The highest BCUT2D eigenvalue weighted by Gasteiger charge is 1.99. The van der Waals surface area contributed by atoms with Crippen molar-refractivity contribution < 1.29 is 5.11 Å². The highest BCUT2D eigenvalue weighted by molar-refractivity contribution is 5.64. The van der Waals surface area contributed by atoms with Gasteiger partial charge in [0.25, 0.3) is 0 Å². The van der Waals surface area contributed by atoms with Crippen molar-refractivity contribution in [2.75, 3.05) is 0 Å². The first-order valence-corrected chi connectivity index (χ1v) is 6.73. The molecular formula is C19H16O. The van der Waals surface area contributed by atoms with Crippen molar-refractivity contribution in [1.82, 2.24) is 0 Å². The van der Waals surface area contributed by atoms with Crippen molar-refractivity contribution in [1.29, 1.82) is 0 Å². The van der Waals surface area contributed by atoms with Gasteiger partial charge in [0.05, 0.1) is 0 Å². The maximum absolute atomic E-state index is 9.31. The van der Waals surface area contributed by atoms with Crippen molar-refractivity contribution in [2.24, 2.45) is 0 Å². The number of hydrogen-bond donors (Lipinski definition) is 1. The number of benzene rings is 3. The van der Waals surface area contributed by atoms with Crippen molar-refractivity contribution >= 4 is 0 Å². The molecule has 20 heavy (non-hydrogen) atoms. The molecule has 0 spiro atoms. The fourth-order valence-electron chi connectivity index (χ4n) is 2.30. The van der Waals surface area contributed by atoms with Gasteiger partial charge in [-0.3, -0.25) is 0 Å². The molecule has 0 aliphatic rings. The van der Waals surface area contributed by atoms with E-state index in [0.717, 1.165) is 12.0 Å². The Hall–Kier alpha value is -2.54. The van der Waals surface area contributed by atoms with Crippen LogP contribution in [-0.4, -0.2) is 5.11 Å². The summed E-state index contributed by atoms with van der Waals surface area (Å²) < 4.78 is 0. The van der Waals surface area contributed by atoms with E-state index < -0.39 is 0 Å². The summed E-state index contributed by atoms with van der Waals surface area (Å²) in [4.78, 5) is 0. The maximum atomic E-state index is 9.31. The summed E-state index contributed by atoms with van der Waals surface area (Å²) in [5, 5.41) is 9.31. The van der Waals surface area contributed by atoms with Crippen LogP contribution in [0, 0.1) is 0 Å². The summed E-state index contributed by atoms with van der Waals surface area (Å²) >= 11 is 0. The third-order valence-corrected chi connectivity index (χ3v) is 3.41. The first-order valence-electron chi connectivity index (χ1n) is 6.73. The summed E-state index contributed by atoms with van der Waals surface area (Å²) in [6, 6.07) is 26.3. The van der Waals surface area contributed by atoms with E-state index in [-0.39, 0.29) is 0 Å². The molecule has 0 heterocycles. The minimum Gasteiger partial charge on any atom is -0.508 e. The third-order valence-electron chi connectivity index (χ3n) is 3.41.